The molecule has 1 aliphatic heterocycles. The summed E-state index contributed by atoms with van der Waals surface area (Å²) in [4.78, 5) is 16.7. The van der Waals surface area contributed by atoms with E-state index < -0.39 is 5.91 Å². The first-order valence-electron chi connectivity index (χ1n) is 8.81. The van der Waals surface area contributed by atoms with E-state index >= 15 is 0 Å². The van der Waals surface area contributed by atoms with Crippen LogP contribution < -0.4 is 4.74 Å². The molecule has 1 N–H and O–H groups in total. The van der Waals surface area contributed by atoms with Crippen LogP contribution in [0.15, 0.2) is 77.1 Å². The van der Waals surface area contributed by atoms with Gasteiger partial charge in [0.15, 0.2) is 0 Å². The monoisotopic (exact) mass is 371 g/mol. The number of nitrogens with zero attached hydrogens (tertiary/aromatic N) is 3. The van der Waals surface area contributed by atoms with E-state index in [1.54, 1.807) is 24.3 Å². The van der Waals surface area contributed by atoms with Crippen molar-refractivity contribution in [2.24, 2.45) is 10.9 Å². The maximum atomic E-state index is 11.9. The fourth-order valence-electron chi connectivity index (χ4n) is 3.20. The molecular weight excluding hydrogens is 354 g/mol. The number of hydroxylamine groups is 2. The van der Waals surface area contributed by atoms with Gasteiger partial charge in [-0.2, -0.15) is 5.26 Å². The number of rotatable bonds is 2. The van der Waals surface area contributed by atoms with E-state index in [-0.39, 0.29) is 5.92 Å². The van der Waals surface area contributed by atoms with Gasteiger partial charge in [-0.05, 0) is 30.3 Å². The molecule has 0 saturated heterocycles. The number of carbonyl (C=O) groups is 1. The second kappa shape index (κ2) is 7.14. The molecule has 0 spiro atoms. The molecule has 0 aromatic heterocycles. The summed E-state index contributed by atoms with van der Waals surface area (Å²) in [6, 6.07) is 16.7. The lowest BCUT2D eigenvalue weighted by Crippen LogP contribution is -2.22. The van der Waals surface area contributed by atoms with Crippen LogP contribution in [0.1, 0.15) is 27.9 Å². The number of aliphatic imine (C=N–C) groups is 1. The third kappa shape index (κ3) is 3.20. The van der Waals surface area contributed by atoms with Gasteiger partial charge in [-0.3, -0.25) is 10.0 Å². The Kier molecular flexibility index (Phi) is 4.52. The summed E-state index contributed by atoms with van der Waals surface area (Å²) in [5.74, 6) is 0.628. The molecule has 0 saturated carbocycles. The topological polar surface area (TPSA) is 85.9 Å². The van der Waals surface area contributed by atoms with Crippen LogP contribution in [0.2, 0.25) is 0 Å². The van der Waals surface area contributed by atoms with E-state index in [0.29, 0.717) is 34.3 Å². The molecule has 2 aliphatic rings. The number of benzene rings is 2. The van der Waals surface area contributed by atoms with Gasteiger partial charge in [-0.15, -0.1) is 0 Å². The quantitative estimate of drug-likeness (QED) is 0.644. The zero-order valence-corrected chi connectivity index (χ0v) is 15.2. The van der Waals surface area contributed by atoms with Crippen LogP contribution in [0.3, 0.4) is 0 Å². The number of fused-ring (bicyclic) bond motifs is 1. The summed E-state index contributed by atoms with van der Waals surface area (Å²) in [5, 5.41) is 19.1. The number of hydrogen-bond acceptors (Lipinski definition) is 5. The van der Waals surface area contributed by atoms with Crippen LogP contribution in [0.25, 0.3) is 0 Å². The highest BCUT2D eigenvalue weighted by Crippen LogP contribution is 2.34. The van der Waals surface area contributed by atoms with Crippen molar-refractivity contribution in [3.8, 4) is 11.8 Å². The number of para-hydroxylation sites is 1. The average Bonchev–Trinajstić information content (AvgIpc) is 2.89. The zero-order chi connectivity index (χ0) is 19.7. The van der Waals surface area contributed by atoms with Crippen molar-refractivity contribution in [2.45, 2.75) is 6.42 Å². The van der Waals surface area contributed by atoms with Crippen molar-refractivity contribution in [1.82, 2.24) is 5.06 Å². The normalized spacial score (nSPS) is 17.5. The number of allylic oxidation sites excluding steroid dienone is 3. The Morgan fingerprint density at radius 2 is 2.00 bits per heavy atom. The predicted octanol–water partition coefficient (Wildman–Crippen LogP) is 3.69. The Labute approximate surface area is 162 Å². The van der Waals surface area contributed by atoms with Gasteiger partial charge in [0, 0.05) is 30.2 Å². The molecule has 4 rings (SSSR count). The van der Waals surface area contributed by atoms with Gasteiger partial charge >= 0.3 is 0 Å². The van der Waals surface area contributed by atoms with Crippen molar-refractivity contribution in [1.29, 1.82) is 5.26 Å². The van der Waals surface area contributed by atoms with Crippen LogP contribution in [0.4, 0.5) is 0 Å². The molecule has 1 atom stereocenters. The molecular formula is C22H17N3O3. The molecule has 1 amide bonds. The fraction of sp³-hybridized carbons (Fsp3) is 0.136. The van der Waals surface area contributed by atoms with E-state index in [1.165, 1.54) is 7.05 Å². The minimum atomic E-state index is -0.485. The first kappa shape index (κ1) is 17.7. The minimum Gasteiger partial charge on any atom is -0.459 e. The van der Waals surface area contributed by atoms with Crippen molar-refractivity contribution < 1.29 is 14.7 Å². The maximum Gasteiger partial charge on any atom is 0.276 e. The number of hydrogen-bond donors (Lipinski definition) is 1. The number of ether oxygens (including phenoxy) is 1. The van der Waals surface area contributed by atoms with Crippen LogP contribution in [0, 0.1) is 17.2 Å². The van der Waals surface area contributed by atoms with Crippen molar-refractivity contribution >= 4 is 11.6 Å². The summed E-state index contributed by atoms with van der Waals surface area (Å²) in [7, 11) is 1.29. The lowest BCUT2D eigenvalue weighted by atomic mass is 9.99. The highest BCUT2D eigenvalue weighted by Gasteiger charge is 2.24. The SMILES string of the molecule is CN(O)C(=O)c1ccc(C2=NC3=C(CC(C#N)C=C3)Oc3ccccc32)cc1. The highest BCUT2D eigenvalue weighted by atomic mass is 16.5. The maximum absolute atomic E-state index is 11.9. The third-order valence-corrected chi connectivity index (χ3v) is 4.65. The average molecular weight is 371 g/mol. The van der Waals surface area contributed by atoms with Crippen molar-refractivity contribution in [2.75, 3.05) is 7.05 Å². The molecule has 6 heteroatoms. The second-order valence-electron chi connectivity index (χ2n) is 6.57. The summed E-state index contributed by atoms with van der Waals surface area (Å²) in [6.07, 6.45) is 4.12. The first-order chi connectivity index (χ1) is 13.6. The van der Waals surface area contributed by atoms with Gasteiger partial charge in [0.2, 0.25) is 0 Å². The van der Waals surface area contributed by atoms with Gasteiger partial charge in [0.25, 0.3) is 5.91 Å². The standard InChI is InChI=1S/C22H17N3O3/c1-25(27)22(26)16-9-7-15(8-10-16)21-17-4-2-3-5-19(17)28-20-12-14(13-23)6-11-18(20)24-21/h2-11,14,27H,12H2,1H3. The van der Waals surface area contributed by atoms with Crippen LogP contribution in [-0.4, -0.2) is 28.9 Å². The van der Waals surface area contributed by atoms with Gasteiger partial charge in [0.1, 0.15) is 17.2 Å². The molecule has 28 heavy (non-hydrogen) atoms. The minimum absolute atomic E-state index is 0.233. The van der Waals surface area contributed by atoms with E-state index in [1.807, 2.05) is 36.4 Å². The van der Waals surface area contributed by atoms with Gasteiger partial charge < -0.3 is 4.74 Å². The Hall–Kier alpha value is -3.69. The molecule has 138 valence electrons. The summed E-state index contributed by atoms with van der Waals surface area (Å²) in [6.45, 7) is 0. The lowest BCUT2D eigenvalue weighted by molar-refractivity contribution is -0.0374. The molecule has 0 bridgehead atoms. The summed E-state index contributed by atoms with van der Waals surface area (Å²) in [5.41, 5.74) is 3.43. The summed E-state index contributed by atoms with van der Waals surface area (Å²) >= 11 is 0. The number of nitriles is 1. The molecule has 0 fully saturated rings. The first-order valence-corrected chi connectivity index (χ1v) is 8.81. The second-order valence-corrected chi connectivity index (χ2v) is 6.57. The van der Waals surface area contributed by atoms with Crippen LogP contribution in [0.5, 0.6) is 5.75 Å². The molecule has 6 nitrogen and oxygen atoms in total. The molecule has 0 radical (unpaired) electrons. The van der Waals surface area contributed by atoms with Gasteiger partial charge in [0.05, 0.1) is 17.7 Å². The Morgan fingerprint density at radius 1 is 1.25 bits per heavy atom. The van der Waals surface area contributed by atoms with Gasteiger partial charge in [-0.1, -0.05) is 30.3 Å². The Balaban J connectivity index is 1.80. The highest BCUT2D eigenvalue weighted by molar-refractivity contribution is 6.15. The third-order valence-electron chi connectivity index (χ3n) is 4.65. The number of amides is 1. The van der Waals surface area contributed by atoms with Crippen LogP contribution >= 0.6 is 0 Å². The largest absolute Gasteiger partial charge is 0.459 e. The fourth-order valence-corrected chi connectivity index (χ4v) is 3.20. The summed E-state index contributed by atoms with van der Waals surface area (Å²) < 4.78 is 6.11. The van der Waals surface area contributed by atoms with E-state index in [0.717, 1.165) is 16.8 Å². The van der Waals surface area contributed by atoms with Gasteiger partial charge in [-0.25, -0.2) is 10.1 Å². The smallest absolute Gasteiger partial charge is 0.276 e. The Morgan fingerprint density at radius 3 is 2.71 bits per heavy atom. The zero-order valence-electron chi connectivity index (χ0n) is 15.2. The van der Waals surface area contributed by atoms with E-state index in [9.17, 15) is 15.3 Å². The van der Waals surface area contributed by atoms with Crippen molar-refractivity contribution in [3.05, 3.63) is 88.8 Å². The molecule has 2 aromatic carbocycles. The van der Waals surface area contributed by atoms with Crippen LogP contribution in [-0.2, 0) is 0 Å². The molecule has 1 aliphatic carbocycles. The lowest BCUT2D eigenvalue weighted by Gasteiger charge is -2.15. The Bertz CT molecular complexity index is 1070. The number of carbonyl (C=O) groups excluding carboxylic acids is 1. The molecule has 1 heterocycles. The predicted molar refractivity (Wildman–Crippen MR) is 103 cm³/mol. The molecule has 1 unspecified atom stereocenters. The van der Waals surface area contributed by atoms with E-state index in [2.05, 4.69) is 6.07 Å². The van der Waals surface area contributed by atoms with Crippen molar-refractivity contribution in [3.63, 3.8) is 0 Å². The van der Waals surface area contributed by atoms with E-state index in [4.69, 9.17) is 9.73 Å². The molecule has 2 aromatic rings.